The molecule has 0 spiro atoms. The lowest BCUT2D eigenvalue weighted by Crippen LogP contribution is -2.45. The molecule has 9 heteroatoms. The number of phosphoric acid groups is 1. The number of phosphoric ester groups is 1. The van der Waals surface area contributed by atoms with E-state index in [-0.39, 0.29) is 19.1 Å². The van der Waals surface area contributed by atoms with Crippen LogP contribution in [0.4, 0.5) is 0 Å². The molecule has 0 aromatic rings. The highest BCUT2D eigenvalue weighted by Gasteiger charge is 2.27. The van der Waals surface area contributed by atoms with Gasteiger partial charge in [-0.25, -0.2) is 4.57 Å². The molecule has 3 unspecified atom stereocenters. The van der Waals surface area contributed by atoms with Crippen LogP contribution in [0.15, 0.2) is 146 Å². The lowest BCUT2D eigenvalue weighted by molar-refractivity contribution is -0.870. The number of hydrogen-bond donors (Lipinski definition) is 3. The largest absolute Gasteiger partial charge is 0.472 e. The number of carbonyl (C=O) groups is 1. The first kappa shape index (κ1) is 69.4. The maximum Gasteiger partial charge on any atom is 0.472 e. The van der Waals surface area contributed by atoms with E-state index in [1.54, 1.807) is 6.08 Å². The molecule has 0 fully saturated rings. The summed E-state index contributed by atoms with van der Waals surface area (Å²) in [5, 5.41) is 13.8. The fourth-order valence-electron chi connectivity index (χ4n) is 7.29. The zero-order valence-corrected chi connectivity index (χ0v) is 48.0. The Morgan fingerprint density at radius 3 is 1.26 bits per heavy atom. The molecule has 73 heavy (non-hydrogen) atoms. The Kier molecular flexibility index (Phi) is 50.6. The van der Waals surface area contributed by atoms with Crippen LogP contribution in [-0.2, 0) is 18.4 Å². The standard InChI is InChI=1S/C64H107N2O6P/c1-6-8-10-12-14-16-18-20-21-22-23-24-25-26-27-28-29-30-31-32-33-34-35-36-37-38-39-40-41-42-43-44-45-46-48-50-52-54-56-58-64(68)65-62(61-72-73(69,70)71-60-59-66(3,4)5)63(67)57-55-53-51-49-47-19-17-15-13-11-9-7-2/h8,10,13-16,20-21,23-24,26-27,29-30,32-33,35-36,38-39,47,49,55,57,62-63,67H,6-7,9,11-12,17-19,22,25,28,31,34,37,40-46,48,50-54,56,58-61H2,1-5H3,(H-,65,68,69,70)/p+1/b10-8-,15-13+,16-14-,21-20-,24-23-,27-26-,30-29-,33-32-,36-35-,39-38-,49-47+,57-55+. The maximum atomic E-state index is 12.9. The summed E-state index contributed by atoms with van der Waals surface area (Å²) in [4.78, 5) is 23.2. The van der Waals surface area contributed by atoms with Gasteiger partial charge in [0.1, 0.15) is 13.2 Å². The molecule has 0 aromatic carbocycles. The van der Waals surface area contributed by atoms with Gasteiger partial charge in [-0.1, -0.05) is 230 Å². The average molecular weight is 1030 g/mol. The zero-order valence-electron chi connectivity index (χ0n) is 47.1. The van der Waals surface area contributed by atoms with Gasteiger partial charge in [-0.05, 0) is 109 Å². The van der Waals surface area contributed by atoms with Gasteiger partial charge in [0.2, 0.25) is 5.91 Å². The third-order valence-corrected chi connectivity index (χ3v) is 12.8. The Balaban J connectivity index is 4.10. The molecule has 0 aliphatic carbocycles. The third kappa shape index (κ3) is 56.0. The molecule has 3 atom stereocenters. The highest BCUT2D eigenvalue weighted by atomic mass is 31.2. The number of allylic oxidation sites excluding steroid dienone is 23. The van der Waals surface area contributed by atoms with Crippen molar-refractivity contribution in [1.29, 1.82) is 0 Å². The van der Waals surface area contributed by atoms with Gasteiger partial charge in [-0.3, -0.25) is 13.8 Å². The van der Waals surface area contributed by atoms with Crippen molar-refractivity contribution in [1.82, 2.24) is 5.32 Å². The van der Waals surface area contributed by atoms with E-state index in [9.17, 15) is 19.4 Å². The molecule has 8 nitrogen and oxygen atoms in total. The smallest absolute Gasteiger partial charge is 0.387 e. The highest BCUT2D eigenvalue weighted by molar-refractivity contribution is 7.47. The van der Waals surface area contributed by atoms with Crippen LogP contribution in [-0.4, -0.2) is 73.4 Å². The van der Waals surface area contributed by atoms with Crippen molar-refractivity contribution in [2.45, 2.75) is 212 Å². The van der Waals surface area contributed by atoms with Crippen molar-refractivity contribution >= 4 is 13.7 Å². The van der Waals surface area contributed by atoms with Crippen molar-refractivity contribution in [3.8, 4) is 0 Å². The number of amides is 1. The SMILES string of the molecule is CC/C=C\C/C=C\C/C=C\C/C=C\C/C=C\C/C=C\C/C=C\C/C=C\C/C=C\CCCCCCCCCCCCCC(=O)NC(COP(=O)(O)OCC[N+](C)(C)C)C(O)/C=C/CC/C=C/CC/C=C/CCCC. The van der Waals surface area contributed by atoms with E-state index in [1.165, 1.54) is 64.2 Å². The predicted molar refractivity (Wildman–Crippen MR) is 317 cm³/mol. The summed E-state index contributed by atoms with van der Waals surface area (Å²) in [7, 11) is 1.52. The molecule has 0 rings (SSSR count). The van der Waals surface area contributed by atoms with Gasteiger partial charge in [0.05, 0.1) is 39.9 Å². The van der Waals surface area contributed by atoms with E-state index < -0.39 is 20.0 Å². The van der Waals surface area contributed by atoms with Gasteiger partial charge in [0.15, 0.2) is 0 Å². The lowest BCUT2D eigenvalue weighted by Gasteiger charge is -2.25. The van der Waals surface area contributed by atoms with Gasteiger partial charge < -0.3 is 19.8 Å². The number of nitrogens with one attached hydrogen (secondary N) is 1. The first-order chi connectivity index (χ1) is 35.5. The second kappa shape index (κ2) is 53.2. The maximum absolute atomic E-state index is 12.9. The molecule has 0 saturated carbocycles. The third-order valence-electron chi connectivity index (χ3n) is 11.8. The quantitative estimate of drug-likeness (QED) is 0.0243. The van der Waals surface area contributed by atoms with Crippen LogP contribution in [0.5, 0.6) is 0 Å². The Hall–Kier alpha value is -3.62. The number of hydrogen-bond acceptors (Lipinski definition) is 5. The Labute approximate surface area is 449 Å². The number of aliphatic hydroxyl groups is 1. The summed E-state index contributed by atoms with van der Waals surface area (Å²) >= 11 is 0. The Bertz CT molecular complexity index is 1690. The van der Waals surface area contributed by atoms with E-state index >= 15 is 0 Å². The summed E-state index contributed by atoms with van der Waals surface area (Å²) in [6, 6.07) is -0.880. The monoisotopic (exact) mass is 1030 g/mol. The summed E-state index contributed by atoms with van der Waals surface area (Å²) < 4.78 is 23.6. The predicted octanol–water partition coefficient (Wildman–Crippen LogP) is 17.7. The van der Waals surface area contributed by atoms with Crippen LogP contribution < -0.4 is 5.32 Å². The summed E-state index contributed by atoms with van der Waals surface area (Å²) in [5.41, 5.74) is 0. The minimum Gasteiger partial charge on any atom is -0.387 e. The molecule has 0 heterocycles. The van der Waals surface area contributed by atoms with Gasteiger partial charge in [-0.15, -0.1) is 0 Å². The van der Waals surface area contributed by atoms with Crippen molar-refractivity contribution in [3.05, 3.63) is 146 Å². The van der Waals surface area contributed by atoms with Crippen LogP contribution in [0.2, 0.25) is 0 Å². The molecular weight excluding hydrogens is 924 g/mol. The number of quaternary nitrogens is 1. The van der Waals surface area contributed by atoms with Crippen molar-refractivity contribution in [2.24, 2.45) is 0 Å². The Morgan fingerprint density at radius 2 is 0.836 bits per heavy atom. The molecule has 0 saturated heterocycles. The minimum absolute atomic E-state index is 0.0459. The van der Waals surface area contributed by atoms with E-state index in [1.807, 2.05) is 27.2 Å². The van der Waals surface area contributed by atoms with E-state index in [2.05, 4.69) is 153 Å². The molecule has 414 valence electrons. The van der Waals surface area contributed by atoms with Crippen LogP contribution in [0.25, 0.3) is 0 Å². The van der Waals surface area contributed by atoms with Gasteiger partial charge >= 0.3 is 7.82 Å². The first-order valence-corrected chi connectivity index (χ1v) is 30.2. The second-order valence-corrected chi connectivity index (χ2v) is 21.4. The molecular formula is C64H108N2O6P+. The molecule has 1 amide bonds. The molecule has 0 aliphatic rings. The number of carbonyl (C=O) groups excluding carboxylic acids is 1. The highest BCUT2D eigenvalue weighted by Crippen LogP contribution is 2.43. The number of aliphatic hydroxyl groups excluding tert-OH is 1. The second-order valence-electron chi connectivity index (χ2n) is 19.9. The zero-order chi connectivity index (χ0) is 53.5. The van der Waals surface area contributed by atoms with Gasteiger partial charge in [-0.2, -0.15) is 0 Å². The number of likely N-dealkylation sites (N-methyl/N-ethyl adjacent to an activating group) is 1. The average Bonchev–Trinajstić information content (AvgIpc) is 3.35. The number of rotatable bonds is 50. The molecule has 0 aromatic heterocycles. The van der Waals surface area contributed by atoms with Crippen LogP contribution in [0, 0.1) is 0 Å². The van der Waals surface area contributed by atoms with Crippen LogP contribution >= 0.6 is 7.82 Å². The van der Waals surface area contributed by atoms with Crippen LogP contribution in [0.1, 0.15) is 200 Å². The molecule has 3 N–H and O–H groups in total. The lowest BCUT2D eigenvalue weighted by atomic mass is 10.0. The first-order valence-electron chi connectivity index (χ1n) is 28.7. The van der Waals surface area contributed by atoms with Crippen molar-refractivity contribution in [3.63, 3.8) is 0 Å². The van der Waals surface area contributed by atoms with E-state index in [0.717, 1.165) is 116 Å². The minimum atomic E-state index is -4.36. The van der Waals surface area contributed by atoms with Crippen LogP contribution in [0.3, 0.4) is 0 Å². The topological polar surface area (TPSA) is 105 Å². The Morgan fingerprint density at radius 1 is 0.479 bits per heavy atom. The van der Waals surface area contributed by atoms with Gasteiger partial charge in [0, 0.05) is 6.42 Å². The summed E-state index contributed by atoms with van der Waals surface area (Å²) in [6.45, 7) is 4.59. The molecule has 0 radical (unpaired) electrons. The van der Waals surface area contributed by atoms with E-state index in [4.69, 9.17) is 9.05 Å². The van der Waals surface area contributed by atoms with Crippen molar-refractivity contribution in [2.75, 3.05) is 40.9 Å². The normalized spacial score (nSPS) is 15.0. The molecule has 0 bridgehead atoms. The number of nitrogens with zero attached hydrogens (tertiary/aromatic N) is 1. The van der Waals surface area contributed by atoms with Crippen molar-refractivity contribution < 1.29 is 32.9 Å². The summed E-state index contributed by atoms with van der Waals surface area (Å²) in [6.07, 6.45) is 82.5. The fraction of sp³-hybridized carbons (Fsp3) is 0.609. The molecule has 0 aliphatic heterocycles. The van der Waals surface area contributed by atoms with Gasteiger partial charge in [0.25, 0.3) is 0 Å². The van der Waals surface area contributed by atoms with E-state index in [0.29, 0.717) is 17.4 Å². The number of unbranched alkanes of at least 4 members (excludes halogenated alkanes) is 15. The fourth-order valence-corrected chi connectivity index (χ4v) is 8.02. The summed E-state index contributed by atoms with van der Waals surface area (Å²) in [5.74, 6) is -0.203.